The van der Waals surface area contributed by atoms with Gasteiger partial charge in [0.05, 0.1) is 7.11 Å². The van der Waals surface area contributed by atoms with Gasteiger partial charge < -0.3 is 20.4 Å². The van der Waals surface area contributed by atoms with Crippen LogP contribution < -0.4 is 15.8 Å². The molecule has 0 radical (unpaired) electrons. The summed E-state index contributed by atoms with van der Waals surface area (Å²) < 4.78 is 8.69. The molecule has 1 aromatic carbocycles. The van der Waals surface area contributed by atoms with Crippen LogP contribution in [-0.4, -0.2) is 39.2 Å². The molecular weight excluding hydrogens is 499 g/mol. The van der Waals surface area contributed by atoms with Gasteiger partial charge in [-0.1, -0.05) is 24.6 Å². The third kappa shape index (κ3) is 4.77. The van der Waals surface area contributed by atoms with Crippen LogP contribution in [0.1, 0.15) is 32.1 Å². The van der Waals surface area contributed by atoms with Crippen molar-refractivity contribution in [2.45, 2.75) is 54.7 Å². The van der Waals surface area contributed by atoms with Gasteiger partial charge in [0.2, 0.25) is 0 Å². The standard InChI is InChI=1S/C20H25IN6OS/c1-28-14-7-8-15(21)16(11-14)29-20-26-17-18(22)24-12-25-19(17)27(20)10-4-9-23-13-5-2-3-6-13/h7-8,11-13,23H,2-6,9-10H2,1H3,(H2,22,24,25). The Labute approximate surface area is 188 Å². The Kier molecular flexibility index (Phi) is 6.76. The first-order valence-electron chi connectivity index (χ1n) is 9.87. The number of methoxy groups -OCH3 is 1. The largest absolute Gasteiger partial charge is 0.497 e. The highest BCUT2D eigenvalue weighted by atomic mass is 127. The number of imidazole rings is 1. The van der Waals surface area contributed by atoms with Gasteiger partial charge in [-0.2, -0.15) is 0 Å². The average Bonchev–Trinajstić information content (AvgIpc) is 3.36. The van der Waals surface area contributed by atoms with Crippen LogP contribution in [0, 0.1) is 3.57 Å². The Bertz CT molecular complexity index is 989. The Hall–Kier alpha value is -1.59. The van der Waals surface area contributed by atoms with Crippen LogP contribution in [0.2, 0.25) is 0 Å². The highest BCUT2D eigenvalue weighted by molar-refractivity contribution is 14.1. The van der Waals surface area contributed by atoms with Gasteiger partial charge in [0, 0.05) is 21.1 Å². The highest BCUT2D eigenvalue weighted by Gasteiger charge is 2.18. The number of hydrogen-bond acceptors (Lipinski definition) is 7. The molecule has 0 unspecified atom stereocenters. The maximum atomic E-state index is 6.07. The van der Waals surface area contributed by atoms with Crippen molar-refractivity contribution in [3.05, 3.63) is 28.1 Å². The van der Waals surface area contributed by atoms with Crippen molar-refractivity contribution in [2.24, 2.45) is 0 Å². The lowest BCUT2D eigenvalue weighted by molar-refractivity contribution is 0.413. The van der Waals surface area contributed by atoms with Crippen molar-refractivity contribution in [1.82, 2.24) is 24.8 Å². The van der Waals surface area contributed by atoms with Gasteiger partial charge >= 0.3 is 0 Å². The van der Waals surface area contributed by atoms with Gasteiger partial charge in [0.15, 0.2) is 22.1 Å². The summed E-state index contributed by atoms with van der Waals surface area (Å²) in [6.07, 6.45) is 7.81. The molecular formula is C20H25IN6OS. The summed E-state index contributed by atoms with van der Waals surface area (Å²) in [6, 6.07) is 6.73. The molecule has 9 heteroatoms. The molecule has 0 saturated heterocycles. The van der Waals surface area contributed by atoms with E-state index in [2.05, 4.69) is 48.5 Å². The smallest absolute Gasteiger partial charge is 0.175 e. The SMILES string of the molecule is COc1ccc(I)c(Sc2nc3c(N)ncnc3n2CCCNC2CCCC2)c1. The van der Waals surface area contributed by atoms with Gasteiger partial charge in [-0.05, 0) is 66.6 Å². The van der Waals surface area contributed by atoms with Crippen molar-refractivity contribution >= 4 is 51.3 Å². The molecule has 0 atom stereocenters. The highest BCUT2D eigenvalue weighted by Crippen LogP contribution is 2.35. The first-order chi connectivity index (χ1) is 14.2. The average molecular weight is 524 g/mol. The quantitative estimate of drug-likeness (QED) is 0.339. The molecule has 1 saturated carbocycles. The normalized spacial score (nSPS) is 14.7. The molecule has 0 amide bonds. The maximum Gasteiger partial charge on any atom is 0.175 e. The monoisotopic (exact) mass is 524 g/mol. The van der Waals surface area contributed by atoms with E-state index in [0.29, 0.717) is 17.4 Å². The molecule has 1 aliphatic rings. The summed E-state index contributed by atoms with van der Waals surface area (Å²) in [5.74, 6) is 1.25. The predicted molar refractivity (Wildman–Crippen MR) is 124 cm³/mol. The summed E-state index contributed by atoms with van der Waals surface area (Å²) in [4.78, 5) is 14.4. The minimum Gasteiger partial charge on any atom is -0.497 e. The summed E-state index contributed by atoms with van der Waals surface area (Å²) in [7, 11) is 1.68. The van der Waals surface area contributed by atoms with Crippen LogP contribution in [0.25, 0.3) is 11.2 Å². The topological polar surface area (TPSA) is 90.9 Å². The third-order valence-corrected chi connectivity index (χ3v) is 7.57. The predicted octanol–water partition coefficient (Wildman–Crippen LogP) is 4.10. The van der Waals surface area contributed by atoms with E-state index in [4.69, 9.17) is 15.5 Å². The van der Waals surface area contributed by atoms with Crippen LogP contribution in [-0.2, 0) is 6.54 Å². The molecule has 1 fully saturated rings. The second kappa shape index (κ2) is 9.48. The fourth-order valence-electron chi connectivity index (χ4n) is 3.67. The molecule has 4 rings (SSSR count). The summed E-state index contributed by atoms with van der Waals surface area (Å²) in [5, 5.41) is 4.56. The van der Waals surface area contributed by atoms with E-state index in [1.807, 2.05) is 12.1 Å². The van der Waals surface area contributed by atoms with Crippen LogP contribution in [0.3, 0.4) is 0 Å². The van der Waals surface area contributed by atoms with Crippen LogP contribution in [0.15, 0.2) is 34.6 Å². The fraction of sp³-hybridized carbons (Fsp3) is 0.450. The molecule has 0 bridgehead atoms. The molecule has 0 aliphatic heterocycles. The number of nitrogen functional groups attached to an aromatic ring is 1. The minimum absolute atomic E-state index is 0.417. The van der Waals surface area contributed by atoms with Crippen molar-refractivity contribution in [2.75, 3.05) is 19.4 Å². The van der Waals surface area contributed by atoms with Gasteiger partial charge in [0.1, 0.15) is 12.1 Å². The molecule has 1 aliphatic carbocycles. The van der Waals surface area contributed by atoms with E-state index in [1.165, 1.54) is 32.0 Å². The van der Waals surface area contributed by atoms with E-state index in [9.17, 15) is 0 Å². The van der Waals surface area contributed by atoms with Crippen molar-refractivity contribution < 1.29 is 4.74 Å². The maximum absolute atomic E-state index is 6.07. The molecule has 3 N–H and O–H groups in total. The van der Waals surface area contributed by atoms with Gasteiger partial charge in [-0.25, -0.2) is 15.0 Å². The van der Waals surface area contributed by atoms with E-state index in [0.717, 1.165) is 44.5 Å². The second-order valence-corrected chi connectivity index (χ2v) is 9.34. The van der Waals surface area contributed by atoms with Crippen LogP contribution >= 0.6 is 34.4 Å². The van der Waals surface area contributed by atoms with E-state index in [-0.39, 0.29) is 0 Å². The number of nitrogens with two attached hydrogens (primary N) is 1. The number of fused-ring (bicyclic) bond motifs is 1. The van der Waals surface area contributed by atoms with Crippen LogP contribution in [0.5, 0.6) is 5.75 Å². The first-order valence-corrected chi connectivity index (χ1v) is 11.8. The second-order valence-electron chi connectivity index (χ2n) is 7.16. The summed E-state index contributed by atoms with van der Waals surface area (Å²) in [6.45, 7) is 1.82. The molecule has 2 aromatic heterocycles. The third-order valence-electron chi connectivity index (χ3n) is 5.21. The number of halogens is 1. The molecule has 2 heterocycles. The van der Waals surface area contributed by atoms with E-state index < -0.39 is 0 Å². The number of ether oxygens (including phenoxy) is 1. The van der Waals surface area contributed by atoms with Gasteiger partial charge in [-0.15, -0.1) is 0 Å². The van der Waals surface area contributed by atoms with E-state index >= 15 is 0 Å². The Balaban J connectivity index is 1.57. The number of nitrogens with one attached hydrogen (secondary N) is 1. The molecule has 7 nitrogen and oxygen atoms in total. The summed E-state index contributed by atoms with van der Waals surface area (Å²) in [5.41, 5.74) is 7.53. The lowest BCUT2D eigenvalue weighted by Gasteiger charge is -2.13. The molecule has 154 valence electrons. The molecule has 3 aromatic rings. The fourth-order valence-corrected chi connectivity index (χ4v) is 5.30. The number of aryl methyl sites for hydroxylation is 1. The number of nitrogens with zero attached hydrogens (tertiary/aromatic N) is 4. The van der Waals surface area contributed by atoms with Crippen molar-refractivity contribution in [3.63, 3.8) is 0 Å². The van der Waals surface area contributed by atoms with E-state index in [1.54, 1.807) is 18.9 Å². The Morgan fingerprint density at radius 1 is 1.31 bits per heavy atom. The lowest BCUT2D eigenvalue weighted by atomic mass is 10.2. The zero-order chi connectivity index (χ0) is 20.2. The van der Waals surface area contributed by atoms with Crippen molar-refractivity contribution in [1.29, 1.82) is 0 Å². The van der Waals surface area contributed by atoms with Gasteiger partial charge in [0.25, 0.3) is 0 Å². The number of benzene rings is 1. The zero-order valence-corrected chi connectivity index (χ0v) is 19.4. The van der Waals surface area contributed by atoms with Crippen LogP contribution in [0.4, 0.5) is 5.82 Å². The number of aromatic nitrogens is 4. The number of hydrogen-bond donors (Lipinski definition) is 2. The first kappa shape index (κ1) is 20.7. The molecule has 29 heavy (non-hydrogen) atoms. The summed E-state index contributed by atoms with van der Waals surface area (Å²) >= 11 is 3.95. The molecule has 0 spiro atoms. The van der Waals surface area contributed by atoms with Crippen molar-refractivity contribution in [3.8, 4) is 5.75 Å². The Morgan fingerprint density at radius 3 is 2.93 bits per heavy atom. The number of anilines is 1. The minimum atomic E-state index is 0.417. The number of rotatable bonds is 8. The lowest BCUT2D eigenvalue weighted by Crippen LogP contribution is -2.27. The zero-order valence-electron chi connectivity index (χ0n) is 16.4. The Morgan fingerprint density at radius 2 is 2.14 bits per heavy atom. The van der Waals surface area contributed by atoms with Gasteiger partial charge in [-0.3, -0.25) is 0 Å².